The molecule has 0 aliphatic heterocycles. The molecule has 1 heterocycles. The van der Waals surface area contributed by atoms with Crippen molar-refractivity contribution in [2.75, 3.05) is 13.1 Å². The van der Waals surface area contributed by atoms with E-state index in [-0.39, 0.29) is 0 Å². The van der Waals surface area contributed by atoms with Crippen LogP contribution in [0.5, 0.6) is 0 Å². The molecule has 3 heteroatoms. The molecule has 1 aromatic heterocycles. The average Bonchev–Trinajstić information content (AvgIpc) is 2.88. The minimum atomic E-state index is 0.593. The van der Waals surface area contributed by atoms with Gasteiger partial charge in [-0.1, -0.05) is 44.2 Å². The molecule has 2 aromatic rings. The first-order valence-corrected chi connectivity index (χ1v) is 7.08. The van der Waals surface area contributed by atoms with E-state index >= 15 is 0 Å². The van der Waals surface area contributed by atoms with Crippen LogP contribution in [0.3, 0.4) is 0 Å². The molecular weight excluding hydrogens is 234 g/mol. The van der Waals surface area contributed by atoms with Gasteiger partial charge in [0.25, 0.3) is 0 Å². The van der Waals surface area contributed by atoms with Crippen molar-refractivity contribution >= 4 is 0 Å². The SMILES string of the molecule is CCCNCC(C)Cn1cc(-c2ccccc2)cn1. The zero-order valence-corrected chi connectivity index (χ0v) is 11.8. The van der Waals surface area contributed by atoms with Crippen molar-refractivity contribution < 1.29 is 0 Å². The highest BCUT2D eigenvalue weighted by Crippen LogP contribution is 2.17. The van der Waals surface area contributed by atoms with E-state index in [2.05, 4.69) is 54.7 Å². The number of rotatable bonds is 7. The molecule has 0 aliphatic rings. The predicted octanol–water partition coefficient (Wildman–Crippen LogP) is 3.19. The average molecular weight is 257 g/mol. The van der Waals surface area contributed by atoms with E-state index in [1.165, 1.54) is 17.5 Å². The summed E-state index contributed by atoms with van der Waals surface area (Å²) in [6.07, 6.45) is 5.26. The van der Waals surface area contributed by atoms with E-state index in [1.54, 1.807) is 0 Å². The van der Waals surface area contributed by atoms with Crippen LogP contribution in [0.4, 0.5) is 0 Å². The summed E-state index contributed by atoms with van der Waals surface area (Å²) in [4.78, 5) is 0. The molecule has 0 saturated carbocycles. The van der Waals surface area contributed by atoms with Gasteiger partial charge in [0.1, 0.15) is 0 Å². The van der Waals surface area contributed by atoms with E-state index < -0.39 is 0 Å². The first-order chi connectivity index (χ1) is 9.29. The third-order valence-corrected chi connectivity index (χ3v) is 3.16. The second-order valence-corrected chi connectivity index (χ2v) is 5.13. The van der Waals surface area contributed by atoms with Crippen molar-refractivity contribution in [3.63, 3.8) is 0 Å². The van der Waals surface area contributed by atoms with Gasteiger partial charge >= 0.3 is 0 Å². The zero-order valence-electron chi connectivity index (χ0n) is 11.8. The van der Waals surface area contributed by atoms with Crippen LogP contribution in [0.25, 0.3) is 11.1 Å². The molecule has 1 N–H and O–H groups in total. The van der Waals surface area contributed by atoms with Crippen molar-refractivity contribution in [1.29, 1.82) is 0 Å². The van der Waals surface area contributed by atoms with E-state index in [1.807, 2.05) is 16.9 Å². The number of hydrogen-bond donors (Lipinski definition) is 1. The number of nitrogens with zero attached hydrogens (tertiary/aromatic N) is 2. The Balaban J connectivity index is 1.91. The molecular formula is C16H23N3. The highest BCUT2D eigenvalue weighted by molar-refractivity contribution is 5.61. The number of nitrogens with one attached hydrogen (secondary N) is 1. The summed E-state index contributed by atoms with van der Waals surface area (Å²) in [5.74, 6) is 0.593. The van der Waals surface area contributed by atoms with Crippen LogP contribution < -0.4 is 5.32 Å². The maximum Gasteiger partial charge on any atom is 0.0568 e. The van der Waals surface area contributed by atoms with Crippen LogP contribution in [-0.4, -0.2) is 22.9 Å². The van der Waals surface area contributed by atoms with Gasteiger partial charge in [0, 0.05) is 18.3 Å². The Labute approximate surface area is 115 Å². The van der Waals surface area contributed by atoms with Crippen molar-refractivity contribution in [1.82, 2.24) is 15.1 Å². The molecule has 0 fully saturated rings. The quantitative estimate of drug-likeness (QED) is 0.772. The summed E-state index contributed by atoms with van der Waals surface area (Å²) in [5.41, 5.74) is 2.42. The van der Waals surface area contributed by atoms with Gasteiger partial charge in [-0.05, 0) is 31.0 Å². The Hall–Kier alpha value is -1.61. The van der Waals surface area contributed by atoms with Gasteiger partial charge in [-0.2, -0.15) is 5.10 Å². The van der Waals surface area contributed by atoms with Gasteiger partial charge in [0.15, 0.2) is 0 Å². The molecule has 19 heavy (non-hydrogen) atoms. The van der Waals surface area contributed by atoms with Crippen LogP contribution in [0, 0.1) is 5.92 Å². The van der Waals surface area contributed by atoms with E-state index in [0.29, 0.717) is 5.92 Å². The zero-order chi connectivity index (χ0) is 13.5. The fourth-order valence-corrected chi connectivity index (χ4v) is 2.15. The molecule has 1 atom stereocenters. The summed E-state index contributed by atoms with van der Waals surface area (Å²) >= 11 is 0. The minimum Gasteiger partial charge on any atom is -0.316 e. The number of hydrogen-bond acceptors (Lipinski definition) is 2. The summed E-state index contributed by atoms with van der Waals surface area (Å²) < 4.78 is 2.04. The van der Waals surface area contributed by atoms with Crippen LogP contribution >= 0.6 is 0 Å². The van der Waals surface area contributed by atoms with Gasteiger partial charge in [-0.3, -0.25) is 4.68 Å². The van der Waals surface area contributed by atoms with Crippen molar-refractivity contribution in [2.24, 2.45) is 5.92 Å². The second-order valence-electron chi connectivity index (χ2n) is 5.13. The standard InChI is InChI=1S/C16H23N3/c1-3-9-17-10-14(2)12-19-13-16(11-18-19)15-7-5-4-6-8-15/h4-8,11,13-14,17H,3,9-10,12H2,1-2H3. The van der Waals surface area contributed by atoms with Crippen molar-refractivity contribution in [3.8, 4) is 11.1 Å². The summed E-state index contributed by atoms with van der Waals surface area (Å²) in [6.45, 7) is 7.56. The molecule has 0 spiro atoms. The Bertz CT molecular complexity index is 476. The first-order valence-electron chi connectivity index (χ1n) is 7.08. The maximum atomic E-state index is 4.45. The molecule has 1 aromatic carbocycles. The van der Waals surface area contributed by atoms with Crippen LogP contribution in [0.1, 0.15) is 20.3 Å². The molecule has 0 aliphatic carbocycles. The first kappa shape index (κ1) is 13.8. The smallest absolute Gasteiger partial charge is 0.0568 e. The molecule has 3 nitrogen and oxygen atoms in total. The highest BCUT2D eigenvalue weighted by atomic mass is 15.3. The molecule has 2 rings (SSSR count). The molecule has 102 valence electrons. The normalized spacial score (nSPS) is 12.5. The summed E-state index contributed by atoms with van der Waals surface area (Å²) in [6, 6.07) is 10.4. The van der Waals surface area contributed by atoms with E-state index in [4.69, 9.17) is 0 Å². The van der Waals surface area contributed by atoms with Crippen LogP contribution in [0.15, 0.2) is 42.7 Å². The Morgan fingerprint density at radius 1 is 1.21 bits per heavy atom. The van der Waals surface area contributed by atoms with Gasteiger partial charge < -0.3 is 5.32 Å². The Kier molecular flexibility index (Phi) is 5.16. The lowest BCUT2D eigenvalue weighted by molar-refractivity contribution is 0.423. The molecule has 0 bridgehead atoms. The summed E-state index contributed by atoms with van der Waals surface area (Å²) in [5, 5.41) is 7.90. The van der Waals surface area contributed by atoms with E-state index in [9.17, 15) is 0 Å². The largest absolute Gasteiger partial charge is 0.316 e. The maximum absolute atomic E-state index is 4.45. The molecule has 0 amide bonds. The van der Waals surface area contributed by atoms with Crippen molar-refractivity contribution in [2.45, 2.75) is 26.8 Å². The topological polar surface area (TPSA) is 29.9 Å². The number of benzene rings is 1. The molecule has 1 unspecified atom stereocenters. The highest BCUT2D eigenvalue weighted by Gasteiger charge is 2.05. The van der Waals surface area contributed by atoms with Crippen LogP contribution in [0.2, 0.25) is 0 Å². The fraction of sp³-hybridized carbons (Fsp3) is 0.438. The molecule has 0 saturated heterocycles. The Morgan fingerprint density at radius 2 is 2.00 bits per heavy atom. The van der Waals surface area contributed by atoms with Gasteiger partial charge in [-0.15, -0.1) is 0 Å². The lowest BCUT2D eigenvalue weighted by Crippen LogP contribution is -2.24. The second kappa shape index (κ2) is 7.10. The fourth-order valence-electron chi connectivity index (χ4n) is 2.15. The van der Waals surface area contributed by atoms with Gasteiger partial charge in [0.05, 0.1) is 6.20 Å². The van der Waals surface area contributed by atoms with Crippen LogP contribution in [-0.2, 0) is 6.54 Å². The predicted molar refractivity (Wildman–Crippen MR) is 80.0 cm³/mol. The lowest BCUT2D eigenvalue weighted by Gasteiger charge is -2.12. The lowest BCUT2D eigenvalue weighted by atomic mass is 10.1. The minimum absolute atomic E-state index is 0.593. The third-order valence-electron chi connectivity index (χ3n) is 3.16. The van der Waals surface area contributed by atoms with E-state index in [0.717, 1.165) is 19.6 Å². The van der Waals surface area contributed by atoms with Crippen molar-refractivity contribution in [3.05, 3.63) is 42.7 Å². The van der Waals surface area contributed by atoms with Gasteiger partial charge in [-0.25, -0.2) is 0 Å². The third kappa shape index (κ3) is 4.21. The van der Waals surface area contributed by atoms with Gasteiger partial charge in [0.2, 0.25) is 0 Å². The molecule has 0 radical (unpaired) electrons. The summed E-state index contributed by atoms with van der Waals surface area (Å²) in [7, 11) is 0. The number of aromatic nitrogens is 2. The Morgan fingerprint density at radius 3 is 2.74 bits per heavy atom. The monoisotopic (exact) mass is 257 g/mol.